The molecule has 0 aliphatic carbocycles. The Labute approximate surface area is 121 Å². The molecule has 0 heterocycles. The van der Waals surface area contributed by atoms with Gasteiger partial charge in [0.2, 0.25) is 0 Å². The van der Waals surface area contributed by atoms with Crippen LogP contribution < -0.4 is 0 Å². The highest BCUT2D eigenvalue weighted by Gasteiger charge is 2.10. The van der Waals surface area contributed by atoms with E-state index in [-0.39, 0.29) is 0 Å². The van der Waals surface area contributed by atoms with E-state index < -0.39 is 0 Å². The molecule has 1 heteroatoms. The quantitative estimate of drug-likeness (QED) is 0.651. The lowest BCUT2D eigenvalue weighted by atomic mass is 9.93. The summed E-state index contributed by atoms with van der Waals surface area (Å²) in [6.45, 7) is 12.2. The van der Waals surface area contributed by atoms with Gasteiger partial charge in [0.05, 0.1) is 5.69 Å². The van der Waals surface area contributed by atoms with Crippen molar-refractivity contribution in [1.82, 2.24) is 0 Å². The van der Waals surface area contributed by atoms with E-state index in [0.29, 0.717) is 5.92 Å². The molecular weight excluding hydrogens is 242 g/mol. The Morgan fingerprint density at radius 3 is 2.35 bits per heavy atom. The Kier molecular flexibility index (Phi) is 4.52. The van der Waals surface area contributed by atoms with Crippen molar-refractivity contribution >= 4 is 18.0 Å². The molecule has 0 unspecified atom stereocenters. The van der Waals surface area contributed by atoms with E-state index in [1.165, 1.54) is 11.1 Å². The Hall–Kier alpha value is -2.15. The summed E-state index contributed by atoms with van der Waals surface area (Å²) < 4.78 is 0. The van der Waals surface area contributed by atoms with Crippen LogP contribution in [-0.4, -0.2) is 6.72 Å². The van der Waals surface area contributed by atoms with Crippen molar-refractivity contribution < 1.29 is 0 Å². The fraction of sp³-hybridized carbons (Fsp3) is 0.211. The minimum Gasteiger partial charge on any atom is -0.264 e. The lowest BCUT2D eigenvalue weighted by Gasteiger charge is -2.14. The summed E-state index contributed by atoms with van der Waals surface area (Å²) in [6.07, 6.45) is 0.927. The van der Waals surface area contributed by atoms with Crippen molar-refractivity contribution in [1.29, 1.82) is 0 Å². The molecule has 0 spiro atoms. The molecule has 0 N–H and O–H groups in total. The number of hydrogen-bond acceptors (Lipinski definition) is 1. The van der Waals surface area contributed by atoms with Crippen LogP contribution in [0.2, 0.25) is 0 Å². The van der Waals surface area contributed by atoms with E-state index in [1.54, 1.807) is 0 Å². The third kappa shape index (κ3) is 3.24. The molecule has 0 saturated heterocycles. The van der Waals surface area contributed by atoms with Crippen LogP contribution in [0.5, 0.6) is 0 Å². The number of aliphatic imine (C=N–C) groups is 1. The van der Waals surface area contributed by atoms with Crippen molar-refractivity contribution in [3.63, 3.8) is 0 Å². The summed E-state index contributed by atoms with van der Waals surface area (Å²) in [4.78, 5) is 4.11. The van der Waals surface area contributed by atoms with Gasteiger partial charge in [-0.25, -0.2) is 0 Å². The number of nitrogens with zero attached hydrogens (tertiary/aromatic N) is 1. The van der Waals surface area contributed by atoms with Gasteiger partial charge < -0.3 is 0 Å². The average Bonchev–Trinajstić information content (AvgIpc) is 2.47. The standard InChI is InChI=1S/C19H21N/c1-14(2)15(3)18-13-17(10-11-19(18)20-4)12-16-8-6-5-7-9-16/h5-11,13-14H,3-4,12H2,1-2H3. The molecule has 0 atom stereocenters. The SMILES string of the molecule is C=Nc1ccc(Cc2ccccc2)cc1C(=C)C(C)C. The summed E-state index contributed by atoms with van der Waals surface area (Å²) in [6, 6.07) is 16.8. The summed E-state index contributed by atoms with van der Waals surface area (Å²) in [5.41, 5.74) is 5.74. The predicted molar refractivity (Wildman–Crippen MR) is 88.8 cm³/mol. The molecule has 0 radical (unpaired) electrons. The summed E-state index contributed by atoms with van der Waals surface area (Å²) in [5.74, 6) is 0.405. The zero-order chi connectivity index (χ0) is 14.5. The maximum Gasteiger partial charge on any atom is 0.0697 e. The molecule has 0 aliphatic rings. The third-order valence-corrected chi connectivity index (χ3v) is 3.53. The highest BCUT2D eigenvalue weighted by Crippen LogP contribution is 2.31. The number of hydrogen-bond donors (Lipinski definition) is 0. The van der Waals surface area contributed by atoms with Crippen LogP contribution in [0.1, 0.15) is 30.5 Å². The fourth-order valence-electron chi connectivity index (χ4n) is 2.23. The summed E-state index contributed by atoms with van der Waals surface area (Å²) >= 11 is 0. The van der Waals surface area contributed by atoms with Gasteiger partial charge in [0, 0.05) is 5.56 Å². The summed E-state index contributed by atoms with van der Waals surface area (Å²) in [7, 11) is 0. The smallest absolute Gasteiger partial charge is 0.0697 e. The number of rotatable bonds is 5. The van der Waals surface area contributed by atoms with Gasteiger partial charge >= 0.3 is 0 Å². The van der Waals surface area contributed by atoms with Crippen molar-refractivity contribution in [2.75, 3.05) is 0 Å². The second kappa shape index (κ2) is 6.33. The minimum absolute atomic E-state index is 0.405. The van der Waals surface area contributed by atoms with Crippen molar-refractivity contribution in [3.8, 4) is 0 Å². The van der Waals surface area contributed by atoms with Crippen LogP contribution in [0.4, 0.5) is 5.69 Å². The Morgan fingerprint density at radius 2 is 1.75 bits per heavy atom. The Morgan fingerprint density at radius 1 is 1.05 bits per heavy atom. The van der Waals surface area contributed by atoms with E-state index >= 15 is 0 Å². The van der Waals surface area contributed by atoms with Crippen molar-refractivity contribution in [3.05, 3.63) is 71.8 Å². The monoisotopic (exact) mass is 263 g/mol. The third-order valence-electron chi connectivity index (χ3n) is 3.53. The molecule has 0 bridgehead atoms. The van der Waals surface area contributed by atoms with Crippen LogP contribution in [0.25, 0.3) is 5.57 Å². The van der Waals surface area contributed by atoms with Crippen LogP contribution >= 0.6 is 0 Å². The van der Waals surface area contributed by atoms with E-state index in [4.69, 9.17) is 0 Å². The molecule has 0 fully saturated rings. The highest BCUT2D eigenvalue weighted by molar-refractivity contribution is 5.75. The molecule has 0 aromatic heterocycles. The second-order valence-electron chi connectivity index (χ2n) is 5.35. The second-order valence-corrected chi connectivity index (χ2v) is 5.35. The first kappa shape index (κ1) is 14.3. The minimum atomic E-state index is 0.405. The fourth-order valence-corrected chi connectivity index (χ4v) is 2.23. The molecule has 0 saturated carbocycles. The zero-order valence-electron chi connectivity index (χ0n) is 12.3. The topological polar surface area (TPSA) is 12.4 Å². The molecule has 2 rings (SSSR count). The molecule has 1 nitrogen and oxygen atoms in total. The Balaban J connectivity index is 2.35. The van der Waals surface area contributed by atoms with E-state index in [0.717, 1.165) is 23.2 Å². The lowest BCUT2D eigenvalue weighted by Crippen LogP contribution is -1.95. The van der Waals surface area contributed by atoms with Gasteiger partial charge in [0.1, 0.15) is 0 Å². The number of allylic oxidation sites excluding steroid dienone is 1. The van der Waals surface area contributed by atoms with Gasteiger partial charge in [0.15, 0.2) is 0 Å². The van der Waals surface area contributed by atoms with Gasteiger partial charge in [0.25, 0.3) is 0 Å². The lowest BCUT2D eigenvalue weighted by molar-refractivity contribution is 0.857. The van der Waals surface area contributed by atoms with Crippen molar-refractivity contribution in [2.24, 2.45) is 10.9 Å². The van der Waals surface area contributed by atoms with Gasteiger partial charge in [-0.2, -0.15) is 0 Å². The predicted octanol–water partition coefficient (Wildman–Crippen LogP) is 5.28. The first-order valence-corrected chi connectivity index (χ1v) is 6.94. The maximum atomic E-state index is 4.19. The summed E-state index contributed by atoms with van der Waals surface area (Å²) in [5, 5.41) is 0. The molecule has 102 valence electrons. The average molecular weight is 263 g/mol. The van der Waals surface area contributed by atoms with Crippen molar-refractivity contribution in [2.45, 2.75) is 20.3 Å². The van der Waals surface area contributed by atoms with Gasteiger partial charge in [-0.15, -0.1) is 0 Å². The van der Waals surface area contributed by atoms with Crippen LogP contribution in [0.3, 0.4) is 0 Å². The molecule has 0 aliphatic heterocycles. The van der Waals surface area contributed by atoms with Crippen LogP contribution in [-0.2, 0) is 6.42 Å². The van der Waals surface area contributed by atoms with Gasteiger partial charge in [-0.05, 0) is 47.9 Å². The molecule has 20 heavy (non-hydrogen) atoms. The first-order chi connectivity index (χ1) is 9.61. The number of benzene rings is 2. The molecule has 2 aromatic carbocycles. The molecule has 0 amide bonds. The van der Waals surface area contributed by atoms with Crippen LogP contribution in [0, 0.1) is 5.92 Å². The molecular formula is C19H21N. The van der Waals surface area contributed by atoms with Crippen LogP contribution in [0.15, 0.2) is 60.1 Å². The maximum absolute atomic E-state index is 4.19. The Bertz CT molecular complexity index is 609. The first-order valence-electron chi connectivity index (χ1n) is 6.94. The van der Waals surface area contributed by atoms with E-state index in [1.807, 2.05) is 12.1 Å². The van der Waals surface area contributed by atoms with E-state index in [9.17, 15) is 0 Å². The highest BCUT2D eigenvalue weighted by atomic mass is 14.7. The van der Waals surface area contributed by atoms with E-state index in [2.05, 4.69) is 68.5 Å². The van der Waals surface area contributed by atoms with Gasteiger partial charge in [-0.3, -0.25) is 4.99 Å². The van der Waals surface area contributed by atoms with Gasteiger partial charge in [-0.1, -0.05) is 56.8 Å². The molecule has 2 aromatic rings. The largest absolute Gasteiger partial charge is 0.264 e. The zero-order valence-corrected chi connectivity index (χ0v) is 12.3. The normalized spacial score (nSPS) is 10.6.